The number of rotatable bonds is 1. The Kier molecular flexibility index (Phi) is 1.44. The molecule has 0 aromatic carbocycles. The summed E-state index contributed by atoms with van der Waals surface area (Å²) < 4.78 is 24.6. The highest BCUT2D eigenvalue weighted by atomic mass is 19.3. The lowest BCUT2D eigenvalue weighted by Gasteiger charge is -2.48. The minimum Gasteiger partial charge on any atom is -0.393 e. The monoisotopic (exact) mass is 163 g/mol. The highest BCUT2D eigenvalue weighted by molar-refractivity contribution is 4.96. The third kappa shape index (κ3) is 1.25. The predicted molar refractivity (Wildman–Crippen MR) is 35.5 cm³/mol. The second-order valence-corrected chi connectivity index (χ2v) is 3.54. The van der Waals surface area contributed by atoms with Crippen LogP contribution in [0.25, 0.3) is 0 Å². The minimum absolute atomic E-state index is 0.107. The molecule has 2 nitrogen and oxygen atoms in total. The summed E-state index contributed by atoms with van der Waals surface area (Å²) in [5.41, 5.74) is 0. The maximum atomic E-state index is 12.3. The number of nitrogens with zero attached hydrogens (tertiary/aromatic N) is 1. The van der Waals surface area contributed by atoms with Crippen molar-refractivity contribution in [3.05, 3.63) is 0 Å². The van der Waals surface area contributed by atoms with Gasteiger partial charge in [-0.05, 0) is 12.8 Å². The number of hydrogen-bond donors (Lipinski definition) is 1. The number of aliphatic hydroxyl groups excluding tert-OH is 1. The first kappa shape index (κ1) is 7.43. The number of alkyl halides is 2. The molecule has 0 aromatic rings. The number of likely N-dealkylation sites (tertiary alicyclic amines) is 1. The smallest absolute Gasteiger partial charge is 0.272 e. The van der Waals surface area contributed by atoms with Gasteiger partial charge in [0, 0.05) is 6.04 Å². The Labute approximate surface area is 63.8 Å². The Balaban J connectivity index is 1.76. The fourth-order valence-electron chi connectivity index (χ4n) is 1.66. The predicted octanol–water partition coefficient (Wildman–Crippen LogP) is 0.461. The van der Waals surface area contributed by atoms with Gasteiger partial charge in [0.25, 0.3) is 5.92 Å². The van der Waals surface area contributed by atoms with Crippen LogP contribution >= 0.6 is 0 Å². The Morgan fingerprint density at radius 2 is 1.82 bits per heavy atom. The highest BCUT2D eigenvalue weighted by Gasteiger charge is 2.49. The number of halogens is 2. The van der Waals surface area contributed by atoms with Crippen LogP contribution in [-0.4, -0.2) is 41.2 Å². The standard InChI is InChI=1S/C7H11F2NO/c8-7(9)3-10(4-7)5-1-6(11)2-5/h5-6,11H,1-4H2. The van der Waals surface area contributed by atoms with Crippen LogP contribution in [0.4, 0.5) is 8.78 Å². The largest absolute Gasteiger partial charge is 0.393 e. The van der Waals surface area contributed by atoms with E-state index in [0.29, 0.717) is 12.8 Å². The summed E-state index contributed by atoms with van der Waals surface area (Å²) in [6.07, 6.45) is 1.11. The molecule has 0 spiro atoms. The van der Waals surface area contributed by atoms with E-state index in [9.17, 15) is 8.78 Å². The second kappa shape index (κ2) is 2.14. The van der Waals surface area contributed by atoms with Gasteiger partial charge in [-0.1, -0.05) is 0 Å². The molecule has 64 valence electrons. The Morgan fingerprint density at radius 3 is 2.18 bits per heavy atom. The van der Waals surface area contributed by atoms with E-state index in [1.54, 1.807) is 4.90 Å². The van der Waals surface area contributed by atoms with Crippen molar-refractivity contribution in [1.82, 2.24) is 4.90 Å². The van der Waals surface area contributed by atoms with Crippen molar-refractivity contribution < 1.29 is 13.9 Å². The highest BCUT2D eigenvalue weighted by Crippen LogP contribution is 2.35. The van der Waals surface area contributed by atoms with E-state index in [2.05, 4.69) is 0 Å². The van der Waals surface area contributed by atoms with Crippen LogP contribution in [0, 0.1) is 0 Å². The van der Waals surface area contributed by atoms with Gasteiger partial charge in [-0.15, -0.1) is 0 Å². The molecule has 2 fully saturated rings. The fraction of sp³-hybridized carbons (Fsp3) is 1.00. The van der Waals surface area contributed by atoms with Crippen molar-refractivity contribution in [2.45, 2.75) is 30.9 Å². The normalized spacial score (nSPS) is 42.8. The van der Waals surface area contributed by atoms with Crippen molar-refractivity contribution in [1.29, 1.82) is 0 Å². The van der Waals surface area contributed by atoms with Crippen molar-refractivity contribution in [3.8, 4) is 0 Å². The van der Waals surface area contributed by atoms with Gasteiger partial charge in [0.15, 0.2) is 0 Å². The van der Waals surface area contributed by atoms with Crippen LogP contribution in [0.15, 0.2) is 0 Å². The first-order valence-electron chi connectivity index (χ1n) is 3.87. The van der Waals surface area contributed by atoms with Gasteiger partial charge in [0.2, 0.25) is 0 Å². The molecule has 0 bridgehead atoms. The molecule has 0 amide bonds. The fourth-order valence-corrected chi connectivity index (χ4v) is 1.66. The molecular formula is C7H11F2NO. The molecule has 1 heterocycles. The van der Waals surface area contributed by atoms with Crippen LogP contribution in [0.3, 0.4) is 0 Å². The topological polar surface area (TPSA) is 23.5 Å². The zero-order valence-electron chi connectivity index (χ0n) is 6.13. The summed E-state index contributed by atoms with van der Waals surface area (Å²) in [7, 11) is 0. The molecule has 11 heavy (non-hydrogen) atoms. The van der Waals surface area contributed by atoms with Gasteiger partial charge in [0.1, 0.15) is 0 Å². The summed E-state index contributed by atoms with van der Waals surface area (Å²) in [6.45, 7) is -0.214. The van der Waals surface area contributed by atoms with Crippen LogP contribution in [0.1, 0.15) is 12.8 Å². The molecule has 0 aromatic heterocycles. The lowest BCUT2D eigenvalue weighted by molar-refractivity contribution is -0.168. The van der Waals surface area contributed by atoms with Crippen molar-refractivity contribution >= 4 is 0 Å². The summed E-state index contributed by atoms with van der Waals surface area (Å²) >= 11 is 0. The zero-order valence-corrected chi connectivity index (χ0v) is 6.13. The summed E-state index contributed by atoms with van der Waals surface area (Å²) in [4.78, 5) is 1.74. The van der Waals surface area contributed by atoms with E-state index in [1.807, 2.05) is 0 Å². The van der Waals surface area contributed by atoms with Gasteiger partial charge in [-0.3, -0.25) is 4.90 Å². The third-order valence-corrected chi connectivity index (χ3v) is 2.47. The lowest BCUT2D eigenvalue weighted by atomic mass is 9.86. The average Bonchev–Trinajstić information content (AvgIpc) is 1.75. The molecule has 1 aliphatic heterocycles. The van der Waals surface area contributed by atoms with Crippen LogP contribution < -0.4 is 0 Å². The molecule has 0 unspecified atom stereocenters. The molecule has 1 N–H and O–H groups in total. The molecule has 0 radical (unpaired) electrons. The van der Waals surface area contributed by atoms with Gasteiger partial charge >= 0.3 is 0 Å². The summed E-state index contributed by atoms with van der Waals surface area (Å²) in [5, 5.41) is 8.90. The van der Waals surface area contributed by atoms with Crippen LogP contribution in [0.2, 0.25) is 0 Å². The average molecular weight is 163 g/mol. The number of aliphatic hydroxyl groups is 1. The second-order valence-electron chi connectivity index (χ2n) is 3.54. The van der Waals surface area contributed by atoms with Crippen molar-refractivity contribution in [2.24, 2.45) is 0 Å². The van der Waals surface area contributed by atoms with Gasteiger partial charge < -0.3 is 5.11 Å². The van der Waals surface area contributed by atoms with Crippen molar-refractivity contribution in [3.63, 3.8) is 0 Å². The molecule has 2 rings (SSSR count). The third-order valence-electron chi connectivity index (χ3n) is 2.47. The Hall–Kier alpha value is -0.220. The molecular weight excluding hydrogens is 152 g/mol. The molecule has 4 heteroatoms. The van der Waals surface area contributed by atoms with E-state index in [4.69, 9.17) is 5.11 Å². The van der Waals surface area contributed by atoms with E-state index in [-0.39, 0.29) is 25.2 Å². The molecule has 1 saturated carbocycles. The van der Waals surface area contributed by atoms with Gasteiger partial charge in [0.05, 0.1) is 19.2 Å². The summed E-state index contributed by atoms with van der Waals surface area (Å²) in [6, 6.07) is 0.227. The zero-order chi connectivity index (χ0) is 8.06. The summed E-state index contributed by atoms with van der Waals surface area (Å²) in [5.74, 6) is -2.46. The molecule has 1 saturated heterocycles. The first-order chi connectivity index (χ1) is 5.07. The Morgan fingerprint density at radius 1 is 1.27 bits per heavy atom. The maximum Gasteiger partial charge on any atom is 0.272 e. The molecule has 1 aliphatic carbocycles. The maximum absolute atomic E-state index is 12.3. The quantitative estimate of drug-likeness (QED) is 0.607. The number of hydrogen-bond acceptors (Lipinski definition) is 2. The minimum atomic E-state index is -2.46. The molecule has 2 aliphatic rings. The van der Waals surface area contributed by atoms with Gasteiger partial charge in [-0.25, -0.2) is 8.78 Å². The van der Waals surface area contributed by atoms with Crippen LogP contribution in [-0.2, 0) is 0 Å². The van der Waals surface area contributed by atoms with E-state index in [0.717, 1.165) is 0 Å². The Bertz CT molecular complexity index is 160. The van der Waals surface area contributed by atoms with Crippen molar-refractivity contribution in [2.75, 3.05) is 13.1 Å². The SMILES string of the molecule is OC1CC(N2CC(F)(F)C2)C1. The molecule has 0 atom stereocenters. The lowest BCUT2D eigenvalue weighted by Crippen LogP contribution is -2.63. The van der Waals surface area contributed by atoms with E-state index >= 15 is 0 Å². The first-order valence-corrected chi connectivity index (χ1v) is 3.87. The van der Waals surface area contributed by atoms with E-state index < -0.39 is 5.92 Å². The van der Waals surface area contributed by atoms with Gasteiger partial charge in [-0.2, -0.15) is 0 Å². The van der Waals surface area contributed by atoms with E-state index in [1.165, 1.54) is 0 Å². The van der Waals surface area contributed by atoms with Crippen LogP contribution in [0.5, 0.6) is 0 Å².